The van der Waals surface area contributed by atoms with Crippen molar-refractivity contribution in [3.05, 3.63) is 64.1 Å². The summed E-state index contributed by atoms with van der Waals surface area (Å²) in [6, 6.07) is 10.2. The van der Waals surface area contributed by atoms with Crippen molar-refractivity contribution >= 4 is 49.6 Å². The van der Waals surface area contributed by atoms with E-state index in [0.29, 0.717) is 20.6 Å². The normalized spacial score (nSPS) is 11.8. The summed E-state index contributed by atoms with van der Waals surface area (Å²) in [5, 5.41) is 0. The summed E-state index contributed by atoms with van der Waals surface area (Å²) in [7, 11) is -3.77. The molecule has 0 spiro atoms. The number of nitrogen functional groups attached to an aromatic ring is 1. The molecule has 136 valence electrons. The van der Waals surface area contributed by atoms with Crippen LogP contribution >= 0.6 is 22.6 Å². The number of anilines is 1. The first-order chi connectivity index (χ1) is 12.9. The van der Waals surface area contributed by atoms with Gasteiger partial charge in [0, 0.05) is 18.0 Å². The molecule has 0 aliphatic carbocycles. The van der Waals surface area contributed by atoms with Gasteiger partial charge >= 0.3 is 0 Å². The predicted molar refractivity (Wildman–Crippen MR) is 112 cm³/mol. The van der Waals surface area contributed by atoms with Crippen LogP contribution in [0.4, 0.5) is 5.82 Å². The fraction of sp³-hybridized carbons (Fsp3) is 0.0556. The van der Waals surface area contributed by atoms with Crippen molar-refractivity contribution in [2.45, 2.75) is 11.8 Å². The molecule has 0 amide bonds. The molecule has 4 rings (SSSR count). The summed E-state index contributed by atoms with van der Waals surface area (Å²) in [5.41, 5.74) is 8.88. The number of rotatable bonds is 3. The van der Waals surface area contributed by atoms with Crippen molar-refractivity contribution in [2.75, 3.05) is 5.73 Å². The number of hydrogen-bond acceptors (Lipinski definition) is 6. The Morgan fingerprint density at radius 1 is 1.11 bits per heavy atom. The minimum atomic E-state index is -3.77. The second-order valence-electron chi connectivity index (χ2n) is 5.99. The number of aryl methyl sites for hydroxylation is 1. The molecule has 0 bridgehead atoms. The number of fused-ring (bicyclic) bond motifs is 1. The maximum absolute atomic E-state index is 13.0. The molecule has 0 unspecified atom stereocenters. The molecular formula is C18H14IN5O2S. The maximum Gasteiger partial charge on any atom is 0.269 e. The minimum absolute atomic E-state index is 0.203. The van der Waals surface area contributed by atoms with E-state index in [1.807, 2.05) is 6.92 Å². The average molecular weight is 491 g/mol. The molecule has 0 saturated carbocycles. The molecule has 3 aromatic heterocycles. The number of hydrogen-bond donors (Lipinski definition) is 1. The minimum Gasteiger partial charge on any atom is -0.384 e. The van der Waals surface area contributed by atoms with Crippen molar-refractivity contribution in [1.29, 1.82) is 0 Å². The fourth-order valence-electron chi connectivity index (χ4n) is 2.68. The predicted octanol–water partition coefficient (Wildman–Crippen LogP) is 3.23. The quantitative estimate of drug-likeness (QED) is 0.442. The van der Waals surface area contributed by atoms with Gasteiger partial charge in [-0.1, -0.05) is 17.7 Å². The lowest BCUT2D eigenvalue weighted by atomic mass is 10.2. The molecule has 0 saturated heterocycles. The third-order valence-corrected chi connectivity index (χ3v) is 6.53. The number of aromatic nitrogens is 4. The molecule has 7 nitrogen and oxygen atoms in total. The Morgan fingerprint density at radius 3 is 2.56 bits per heavy atom. The van der Waals surface area contributed by atoms with Gasteiger partial charge in [-0.05, 0) is 53.8 Å². The summed E-state index contributed by atoms with van der Waals surface area (Å²) < 4.78 is 27.9. The molecule has 0 fully saturated rings. The van der Waals surface area contributed by atoms with Crippen LogP contribution in [-0.4, -0.2) is 27.3 Å². The number of nitrogens with two attached hydrogens (primary N) is 1. The zero-order valence-corrected chi connectivity index (χ0v) is 17.1. The number of nitrogens with zero attached hydrogens (tertiary/aromatic N) is 4. The van der Waals surface area contributed by atoms with Gasteiger partial charge < -0.3 is 5.73 Å². The first kappa shape index (κ1) is 17.9. The van der Waals surface area contributed by atoms with Crippen molar-refractivity contribution < 1.29 is 8.42 Å². The van der Waals surface area contributed by atoms with Gasteiger partial charge in [0.05, 0.1) is 20.4 Å². The highest BCUT2D eigenvalue weighted by molar-refractivity contribution is 14.1. The third-order valence-electron chi connectivity index (χ3n) is 4.07. The van der Waals surface area contributed by atoms with Crippen molar-refractivity contribution in [1.82, 2.24) is 18.9 Å². The molecule has 3 heterocycles. The van der Waals surface area contributed by atoms with Crippen LogP contribution < -0.4 is 5.73 Å². The highest BCUT2D eigenvalue weighted by Gasteiger charge is 2.22. The Bertz CT molecular complexity index is 1270. The summed E-state index contributed by atoms with van der Waals surface area (Å²) >= 11 is 2.06. The molecule has 2 N–H and O–H groups in total. The lowest BCUT2D eigenvalue weighted by Crippen LogP contribution is -2.12. The summed E-state index contributed by atoms with van der Waals surface area (Å²) in [6.45, 7) is 1.91. The van der Waals surface area contributed by atoms with Gasteiger partial charge in [0.15, 0.2) is 5.65 Å². The van der Waals surface area contributed by atoms with Crippen LogP contribution in [-0.2, 0) is 10.0 Å². The van der Waals surface area contributed by atoms with Gasteiger partial charge in [0.25, 0.3) is 10.0 Å². The van der Waals surface area contributed by atoms with E-state index in [1.165, 1.54) is 16.4 Å². The van der Waals surface area contributed by atoms with Crippen LogP contribution in [0, 0.1) is 10.5 Å². The maximum atomic E-state index is 13.0. The molecule has 4 aromatic rings. The van der Waals surface area contributed by atoms with Crippen LogP contribution in [0.5, 0.6) is 0 Å². The van der Waals surface area contributed by atoms with Crippen molar-refractivity contribution in [2.24, 2.45) is 0 Å². The van der Waals surface area contributed by atoms with E-state index >= 15 is 0 Å². The van der Waals surface area contributed by atoms with Crippen LogP contribution in [0.2, 0.25) is 0 Å². The molecule has 0 atom stereocenters. The van der Waals surface area contributed by atoms with Gasteiger partial charge in [-0.25, -0.2) is 27.3 Å². The first-order valence-electron chi connectivity index (χ1n) is 7.94. The Morgan fingerprint density at radius 2 is 1.85 bits per heavy atom. The Kier molecular flexibility index (Phi) is 4.35. The molecule has 9 heteroatoms. The van der Waals surface area contributed by atoms with Gasteiger partial charge in [-0.3, -0.25) is 0 Å². The lowest BCUT2D eigenvalue weighted by Gasteiger charge is -2.07. The molecule has 0 radical (unpaired) electrons. The summed E-state index contributed by atoms with van der Waals surface area (Å²) in [6.07, 6.45) is 4.66. The van der Waals surface area contributed by atoms with Crippen LogP contribution in [0.3, 0.4) is 0 Å². The Balaban J connectivity index is 1.88. The first-order valence-corrected chi connectivity index (χ1v) is 10.5. The van der Waals surface area contributed by atoms with E-state index in [9.17, 15) is 8.42 Å². The van der Waals surface area contributed by atoms with E-state index in [0.717, 1.165) is 11.1 Å². The van der Waals surface area contributed by atoms with Gasteiger partial charge in [0.1, 0.15) is 11.3 Å². The van der Waals surface area contributed by atoms with E-state index in [1.54, 1.807) is 42.6 Å². The topological polar surface area (TPSA) is 104 Å². The third kappa shape index (κ3) is 3.16. The molecule has 27 heavy (non-hydrogen) atoms. The number of benzene rings is 1. The zero-order valence-electron chi connectivity index (χ0n) is 14.2. The SMILES string of the molecule is Cc1ccc(S(=O)(=O)n2cc(I)c3nc(-c4ccnc(N)c4)cnc32)cc1. The van der Waals surface area contributed by atoms with E-state index < -0.39 is 10.0 Å². The van der Waals surface area contributed by atoms with Gasteiger partial charge in [0.2, 0.25) is 0 Å². The van der Waals surface area contributed by atoms with Gasteiger partial charge in [-0.15, -0.1) is 0 Å². The monoisotopic (exact) mass is 491 g/mol. The smallest absolute Gasteiger partial charge is 0.269 e. The Labute approximate surface area is 169 Å². The van der Waals surface area contributed by atoms with E-state index in [-0.39, 0.29) is 10.5 Å². The van der Waals surface area contributed by atoms with Crippen LogP contribution in [0.15, 0.2) is 59.9 Å². The standard InChI is InChI=1S/C18H14IN5O2S/c1-11-2-4-13(5-3-11)27(25,26)24-10-14(19)17-18(24)22-9-15(23-17)12-6-7-21-16(20)8-12/h2-10H,1H3,(H2,20,21). The molecule has 1 aromatic carbocycles. The largest absolute Gasteiger partial charge is 0.384 e. The number of pyridine rings is 1. The lowest BCUT2D eigenvalue weighted by molar-refractivity contribution is 0.588. The highest BCUT2D eigenvalue weighted by atomic mass is 127. The zero-order chi connectivity index (χ0) is 19.2. The second kappa shape index (κ2) is 6.57. The highest BCUT2D eigenvalue weighted by Crippen LogP contribution is 2.27. The van der Waals surface area contributed by atoms with Gasteiger partial charge in [-0.2, -0.15) is 0 Å². The fourth-order valence-corrected chi connectivity index (χ4v) is 4.83. The molecular weight excluding hydrogens is 477 g/mol. The number of halogens is 1. The van der Waals surface area contributed by atoms with E-state index in [4.69, 9.17) is 5.73 Å². The average Bonchev–Trinajstić information content (AvgIpc) is 2.99. The Hall–Kier alpha value is -2.53. The van der Waals surface area contributed by atoms with Crippen molar-refractivity contribution in [3.8, 4) is 11.3 Å². The summed E-state index contributed by atoms with van der Waals surface area (Å²) in [4.78, 5) is 13.1. The summed E-state index contributed by atoms with van der Waals surface area (Å²) in [5.74, 6) is 0.378. The second-order valence-corrected chi connectivity index (χ2v) is 8.96. The molecule has 0 aliphatic rings. The van der Waals surface area contributed by atoms with Crippen LogP contribution in [0.1, 0.15) is 5.56 Å². The van der Waals surface area contributed by atoms with Crippen LogP contribution in [0.25, 0.3) is 22.4 Å². The van der Waals surface area contributed by atoms with E-state index in [2.05, 4.69) is 37.5 Å². The molecule has 0 aliphatic heterocycles. The van der Waals surface area contributed by atoms with Crippen molar-refractivity contribution in [3.63, 3.8) is 0 Å².